The molecule has 1 aromatic rings. The van der Waals surface area contributed by atoms with Crippen LogP contribution in [0, 0.1) is 0 Å². The molecule has 1 amide bonds. The van der Waals surface area contributed by atoms with Crippen molar-refractivity contribution in [3.63, 3.8) is 0 Å². The highest BCUT2D eigenvalue weighted by molar-refractivity contribution is 6.29. The molecule has 20 heavy (non-hydrogen) atoms. The molecule has 0 spiro atoms. The lowest BCUT2D eigenvalue weighted by molar-refractivity contribution is -0.00202. The van der Waals surface area contributed by atoms with Crippen molar-refractivity contribution >= 4 is 23.3 Å². The molecule has 5 nitrogen and oxygen atoms in total. The molecule has 2 rings (SSSR count). The molecule has 0 aromatic carbocycles. The molecule has 1 aliphatic heterocycles. The number of anilines is 1. The Morgan fingerprint density at radius 2 is 2.15 bits per heavy atom. The van der Waals surface area contributed by atoms with E-state index in [1.54, 1.807) is 24.0 Å². The number of halogens is 1. The van der Waals surface area contributed by atoms with Gasteiger partial charge in [-0.2, -0.15) is 0 Å². The Morgan fingerprint density at radius 3 is 2.75 bits per heavy atom. The molecule has 110 valence electrons. The van der Waals surface area contributed by atoms with Crippen molar-refractivity contribution in [2.75, 3.05) is 25.0 Å². The van der Waals surface area contributed by atoms with Crippen molar-refractivity contribution < 1.29 is 9.90 Å². The lowest BCUT2D eigenvalue weighted by Gasteiger charge is -2.35. The van der Waals surface area contributed by atoms with Crippen LogP contribution in [0.4, 0.5) is 5.82 Å². The first-order chi connectivity index (χ1) is 9.41. The Labute approximate surface area is 123 Å². The molecule has 0 bridgehead atoms. The van der Waals surface area contributed by atoms with Gasteiger partial charge in [0.15, 0.2) is 0 Å². The predicted molar refractivity (Wildman–Crippen MR) is 79.2 cm³/mol. The second-order valence-electron chi connectivity index (χ2n) is 5.38. The van der Waals surface area contributed by atoms with Crippen molar-refractivity contribution in [2.45, 2.75) is 32.3 Å². The van der Waals surface area contributed by atoms with Crippen LogP contribution in [-0.4, -0.2) is 46.1 Å². The molecule has 0 aliphatic carbocycles. The lowest BCUT2D eigenvalue weighted by Crippen LogP contribution is -2.45. The number of rotatable bonds is 3. The number of piperidine rings is 1. The summed E-state index contributed by atoms with van der Waals surface area (Å²) in [6.45, 7) is 5.59. The van der Waals surface area contributed by atoms with Crippen molar-refractivity contribution in [1.82, 2.24) is 9.88 Å². The molecular formula is C14H20ClN3O2. The fourth-order valence-corrected chi connectivity index (χ4v) is 2.47. The van der Waals surface area contributed by atoms with E-state index in [1.807, 2.05) is 6.92 Å². The predicted octanol–water partition coefficient (Wildman–Crippen LogP) is 2.15. The minimum Gasteiger partial charge on any atom is -0.390 e. The summed E-state index contributed by atoms with van der Waals surface area (Å²) in [5, 5.41) is 13.3. The Hall–Kier alpha value is -1.33. The highest BCUT2D eigenvalue weighted by Crippen LogP contribution is 2.23. The van der Waals surface area contributed by atoms with E-state index in [9.17, 15) is 9.90 Å². The zero-order valence-electron chi connectivity index (χ0n) is 11.8. The van der Waals surface area contributed by atoms with Crippen molar-refractivity contribution in [3.05, 3.63) is 22.8 Å². The molecule has 1 fully saturated rings. The largest absolute Gasteiger partial charge is 0.390 e. The first kappa shape index (κ1) is 15.1. The fraction of sp³-hybridized carbons (Fsp3) is 0.571. The van der Waals surface area contributed by atoms with E-state index >= 15 is 0 Å². The van der Waals surface area contributed by atoms with Gasteiger partial charge in [0.05, 0.1) is 5.60 Å². The molecule has 0 atom stereocenters. The van der Waals surface area contributed by atoms with Gasteiger partial charge < -0.3 is 15.3 Å². The third kappa shape index (κ3) is 3.61. The number of amides is 1. The molecule has 2 heterocycles. The van der Waals surface area contributed by atoms with E-state index in [-0.39, 0.29) is 5.91 Å². The SMILES string of the molecule is CCNc1cc(C(=O)N2CCC(C)(O)CC2)cc(Cl)n1. The molecule has 2 N–H and O–H groups in total. The van der Waals surface area contributed by atoms with Crippen LogP contribution in [0.3, 0.4) is 0 Å². The number of nitrogens with zero attached hydrogens (tertiary/aromatic N) is 2. The van der Waals surface area contributed by atoms with Gasteiger partial charge >= 0.3 is 0 Å². The van der Waals surface area contributed by atoms with Crippen LogP contribution < -0.4 is 5.32 Å². The highest BCUT2D eigenvalue weighted by Gasteiger charge is 2.30. The van der Waals surface area contributed by atoms with Gasteiger partial charge in [-0.1, -0.05) is 11.6 Å². The van der Waals surface area contributed by atoms with Gasteiger partial charge in [-0.05, 0) is 38.8 Å². The molecule has 6 heteroatoms. The average molecular weight is 298 g/mol. The van der Waals surface area contributed by atoms with Gasteiger partial charge in [-0.3, -0.25) is 4.79 Å². The maximum Gasteiger partial charge on any atom is 0.254 e. The Bertz CT molecular complexity index is 495. The number of aromatic nitrogens is 1. The van der Waals surface area contributed by atoms with Crippen LogP contribution in [0.15, 0.2) is 12.1 Å². The topological polar surface area (TPSA) is 65.5 Å². The molecule has 0 saturated carbocycles. The van der Waals surface area contributed by atoms with Gasteiger partial charge in [-0.15, -0.1) is 0 Å². The summed E-state index contributed by atoms with van der Waals surface area (Å²) in [5.41, 5.74) is -0.135. The first-order valence-corrected chi connectivity index (χ1v) is 7.22. The fourth-order valence-electron chi connectivity index (χ4n) is 2.27. The third-order valence-electron chi connectivity index (χ3n) is 3.53. The number of aliphatic hydroxyl groups is 1. The highest BCUT2D eigenvalue weighted by atomic mass is 35.5. The maximum atomic E-state index is 12.4. The summed E-state index contributed by atoms with van der Waals surface area (Å²) in [6.07, 6.45) is 1.19. The second-order valence-corrected chi connectivity index (χ2v) is 5.77. The van der Waals surface area contributed by atoms with Gasteiger partial charge in [0, 0.05) is 25.2 Å². The summed E-state index contributed by atoms with van der Waals surface area (Å²) in [5.74, 6) is 0.538. The van der Waals surface area contributed by atoms with Crippen LogP contribution in [0.25, 0.3) is 0 Å². The molecule has 0 radical (unpaired) electrons. The Kier molecular flexibility index (Phi) is 4.50. The zero-order chi connectivity index (χ0) is 14.8. The van der Waals surface area contributed by atoms with Crippen LogP contribution in [0.2, 0.25) is 5.15 Å². The van der Waals surface area contributed by atoms with Crippen molar-refractivity contribution in [2.24, 2.45) is 0 Å². The lowest BCUT2D eigenvalue weighted by atomic mass is 9.93. The van der Waals surface area contributed by atoms with Crippen LogP contribution in [-0.2, 0) is 0 Å². The summed E-state index contributed by atoms with van der Waals surface area (Å²) >= 11 is 5.95. The molecule has 0 unspecified atom stereocenters. The van der Waals surface area contributed by atoms with Gasteiger partial charge in [-0.25, -0.2) is 4.98 Å². The maximum absolute atomic E-state index is 12.4. The third-order valence-corrected chi connectivity index (χ3v) is 3.72. The summed E-state index contributed by atoms with van der Waals surface area (Å²) in [7, 11) is 0. The van der Waals surface area contributed by atoms with E-state index in [1.165, 1.54) is 0 Å². The average Bonchev–Trinajstić information content (AvgIpc) is 2.37. The van der Waals surface area contributed by atoms with E-state index < -0.39 is 5.60 Å². The van der Waals surface area contributed by atoms with E-state index in [2.05, 4.69) is 10.3 Å². The van der Waals surface area contributed by atoms with Gasteiger partial charge in [0.2, 0.25) is 0 Å². The molecule has 1 saturated heterocycles. The quantitative estimate of drug-likeness (QED) is 0.839. The van der Waals surface area contributed by atoms with Gasteiger partial charge in [0.1, 0.15) is 11.0 Å². The number of hydrogen-bond acceptors (Lipinski definition) is 4. The van der Waals surface area contributed by atoms with Crippen LogP contribution in [0.1, 0.15) is 37.0 Å². The first-order valence-electron chi connectivity index (χ1n) is 6.84. The molecular weight excluding hydrogens is 278 g/mol. The number of likely N-dealkylation sites (tertiary alicyclic amines) is 1. The summed E-state index contributed by atoms with van der Waals surface area (Å²) in [4.78, 5) is 18.3. The minimum absolute atomic E-state index is 0.0658. The van der Waals surface area contributed by atoms with Crippen molar-refractivity contribution in [1.29, 1.82) is 0 Å². The van der Waals surface area contributed by atoms with E-state index in [0.717, 1.165) is 0 Å². The summed E-state index contributed by atoms with van der Waals surface area (Å²) in [6, 6.07) is 3.29. The number of nitrogens with one attached hydrogen (secondary N) is 1. The summed E-state index contributed by atoms with van der Waals surface area (Å²) < 4.78 is 0. The minimum atomic E-state index is -0.665. The number of pyridine rings is 1. The number of hydrogen-bond donors (Lipinski definition) is 2. The monoisotopic (exact) mass is 297 g/mol. The smallest absolute Gasteiger partial charge is 0.254 e. The Balaban J connectivity index is 2.13. The second kappa shape index (κ2) is 5.97. The van der Waals surface area contributed by atoms with Crippen molar-refractivity contribution in [3.8, 4) is 0 Å². The standard InChI is InChI=1S/C14H20ClN3O2/c1-3-16-12-9-10(8-11(15)17-12)13(19)18-6-4-14(2,20)5-7-18/h8-9,20H,3-7H2,1-2H3,(H,16,17). The van der Waals surface area contributed by atoms with E-state index in [4.69, 9.17) is 11.6 Å². The van der Waals surface area contributed by atoms with Crippen LogP contribution in [0.5, 0.6) is 0 Å². The molecule has 1 aromatic heterocycles. The number of carbonyl (C=O) groups excluding carboxylic acids is 1. The Morgan fingerprint density at radius 1 is 1.50 bits per heavy atom. The van der Waals surface area contributed by atoms with E-state index in [0.29, 0.717) is 49.0 Å². The normalized spacial score (nSPS) is 17.9. The number of carbonyl (C=O) groups is 1. The zero-order valence-corrected chi connectivity index (χ0v) is 12.6. The van der Waals surface area contributed by atoms with Gasteiger partial charge in [0.25, 0.3) is 5.91 Å². The molecule has 1 aliphatic rings. The van der Waals surface area contributed by atoms with Crippen LogP contribution >= 0.6 is 11.6 Å².